The smallest absolute Gasteiger partial charge is 0.124 e. The van der Waals surface area contributed by atoms with E-state index < -0.39 is 0 Å². The van der Waals surface area contributed by atoms with Gasteiger partial charge in [-0.2, -0.15) is 11.8 Å². The number of hydrogen-bond donors (Lipinski definition) is 1. The van der Waals surface area contributed by atoms with Crippen LogP contribution in [0.1, 0.15) is 19.4 Å². The summed E-state index contributed by atoms with van der Waals surface area (Å²) < 4.78 is 13.0. The van der Waals surface area contributed by atoms with Gasteiger partial charge in [-0.05, 0) is 37.8 Å². The summed E-state index contributed by atoms with van der Waals surface area (Å²) in [5.74, 6) is -0.293. The lowest BCUT2D eigenvalue weighted by molar-refractivity contribution is 0.589. The number of hydrogen-bond acceptors (Lipinski definition) is 2. The van der Waals surface area contributed by atoms with Gasteiger partial charge in [0.2, 0.25) is 0 Å². The molecular weight excluding hydrogens is 245 g/mol. The van der Waals surface area contributed by atoms with Crippen LogP contribution in [0.4, 0.5) is 4.39 Å². The molecule has 1 nitrogen and oxygen atoms in total. The number of nitrogens with one attached hydrogen (secondary N) is 1. The number of halogens is 2. The van der Waals surface area contributed by atoms with E-state index in [1.165, 1.54) is 12.1 Å². The van der Waals surface area contributed by atoms with E-state index in [0.29, 0.717) is 11.6 Å². The Bertz CT molecular complexity index is 355. The van der Waals surface area contributed by atoms with E-state index in [9.17, 15) is 4.39 Å². The van der Waals surface area contributed by atoms with Gasteiger partial charge in [-0.1, -0.05) is 17.7 Å². The van der Waals surface area contributed by atoms with Crippen LogP contribution in [0.5, 0.6) is 0 Å². The minimum absolute atomic E-state index is 0.201. The van der Waals surface area contributed by atoms with E-state index in [-0.39, 0.29) is 10.6 Å². The second-order valence-electron chi connectivity index (χ2n) is 4.30. The molecule has 0 heterocycles. The van der Waals surface area contributed by atoms with Crippen LogP contribution in [0.2, 0.25) is 5.02 Å². The van der Waals surface area contributed by atoms with Gasteiger partial charge in [0.1, 0.15) is 5.82 Å². The van der Waals surface area contributed by atoms with Crippen molar-refractivity contribution in [3.8, 4) is 0 Å². The molecule has 0 saturated carbocycles. The number of rotatable bonds is 5. The Labute approximate surface area is 106 Å². The topological polar surface area (TPSA) is 12.0 Å². The first-order chi connectivity index (χ1) is 7.44. The van der Waals surface area contributed by atoms with Gasteiger partial charge < -0.3 is 5.32 Å². The van der Waals surface area contributed by atoms with Gasteiger partial charge in [0.25, 0.3) is 0 Å². The first-order valence-electron chi connectivity index (χ1n) is 5.14. The largest absolute Gasteiger partial charge is 0.311 e. The highest BCUT2D eigenvalue weighted by Crippen LogP contribution is 2.21. The number of benzene rings is 1. The van der Waals surface area contributed by atoms with Crippen molar-refractivity contribution < 1.29 is 4.39 Å². The molecule has 0 atom stereocenters. The zero-order chi connectivity index (χ0) is 12.2. The van der Waals surface area contributed by atoms with Crippen molar-refractivity contribution in [2.45, 2.75) is 25.1 Å². The molecule has 0 radical (unpaired) electrons. The van der Waals surface area contributed by atoms with Gasteiger partial charge in [0.05, 0.1) is 0 Å². The highest BCUT2D eigenvalue weighted by atomic mass is 35.5. The van der Waals surface area contributed by atoms with Gasteiger partial charge in [-0.25, -0.2) is 4.39 Å². The second-order valence-corrected chi connectivity index (χ2v) is 6.22. The molecule has 1 aromatic rings. The second kappa shape index (κ2) is 5.89. The maximum absolute atomic E-state index is 12.8. The third kappa shape index (κ3) is 4.32. The molecule has 0 aromatic heterocycles. The van der Waals surface area contributed by atoms with Crippen molar-refractivity contribution >= 4 is 23.4 Å². The van der Waals surface area contributed by atoms with Gasteiger partial charge in [-0.15, -0.1) is 0 Å². The fraction of sp³-hybridized carbons (Fsp3) is 0.500. The average molecular weight is 262 g/mol. The molecule has 1 aromatic carbocycles. The van der Waals surface area contributed by atoms with Crippen LogP contribution in [0.15, 0.2) is 18.2 Å². The fourth-order valence-electron chi connectivity index (χ4n) is 1.24. The predicted molar refractivity (Wildman–Crippen MR) is 70.7 cm³/mol. The molecule has 0 fully saturated rings. The number of thioether (sulfide) groups is 1. The van der Waals surface area contributed by atoms with Crippen LogP contribution < -0.4 is 5.32 Å². The van der Waals surface area contributed by atoms with Gasteiger partial charge >= 0.3 is 0 Å². The fourth-order valence-corrected chi connectivity index (χ4v) is 1.72. The summed E-state index contributed by atoms with van der Waals surface area (Å²) in [6.45, 7) is 5.92. The van der Waals surface area contributed by atoms with Crippen molar-refractivity contribution in [3.05, 3.63) is 34.6 Å². The first kappa shape index (κ1) is 13.8. The molecule has 16 heavy (non-hydrogen) atoms. The molecule has 90 valence electrons. The van der Waals surface area contributed by atoms with E-state index in [1.54, 1.807) is 6.07 Å². The van der Waals surface area contributed by atoms with Crippen molar-refractivity contribution in [2.75, 3.05) is 12.8 Å². The summed E-state index contributed by atoms with van der Waals surface area (Å²) in [5, 5.41) is 3.81. The van der Waals surface area contributed by atoms with E-state index in [1.807, 2.05) is 11.8 Å². The summed E-state index contributed by atoms with van der Waals surface area (Å²) >= 11 is 7.74. The molecule has 1 rings (SSSR count). The van der Waals surface area contributed by atoms with E-state index in [4.69, 9.17) is 11.6 Å². The highest BCUT2D eigenvalue weighted by Gasteiger charge is 2.15. The quantitative estimate of drug-likeness (QED) is 0.867. The monoisotopic (exact) mass is 261 g/mol. The molecule has 0 aliphatic rings. The van der Waals surface area contributed by atoms with Crippen LogP contribution in [0, 0.1) is 5.82 Å². The third-order valence-corrected chi connectivity index (χ3v) is 4.04. The van der Waals surface area contributed by atoms with Crippen LogP contribution in [-0.2, 0) is 6.54 Å². The standard InChI is InChI=1S/C12H17ClFNS/c1-12(2,16-3)8-15-7-9-4-5-10(14)6-11(9)13/h4-6,15H,7-8H2,1-3H3. The molecule has 0 amide bonds. The van der Waals surface area contributed by atoms with Crippen LogP contribution >= 0.6 is 23.4 Å². The third-order valence-electron chi connectivity index (χ3n) is 2.43. The van der Waals surface area contributed by atoms with E-state index in [2.05, 4.69) is 25.4 Å². The SMILES string of the molecule is CSC(C)(C)CNCc1ccc(F)cc1Cl. The summed E-state index contributed by atoms with van der Waals surface area (Å²) in [6, 6.07) is 4.50. The molecular formula is C12H17ClFNS. The Balaban J connectivity index is 2.49. The summed E-state index contributed by atoms with van der Waals surface area (Å²) in [5.41, 5.74) is 0.931. The molecule has 0 bridgehead atoms. The highest BCUT2D eigenvalue weighted by molar-refractivity contribution is 7.99. The molecule has 4 heteroatoms. The Morgan fingerprint density at radius 1 is 1.44 bits per heavy atom. The van der Waals surface area contributed by atoms with E-state index in [0.717, 1.165) is 12.1 Å². The Hall–Kier alpha value is -0.250. The molecule has 1 N–H and O–H groups in total. The molecule has 0 saturated heterocycles. The maximum Gasteiger partial charge on any atom is 0.124 e. The van der Waals surface area contributed by atoms with Crippen LogP contribution in [-0.4, -0.2) is 17.5 Å². The van der Waals surface area contributed by atoms with Crippen LogP contribution in [0.3, 0.4) is 0 Å². The zero-order valence-corrected chi connectivity index (χ0v) is 11.4. The normalized spacial score (nSPS) is 11.8. The summed E-state index contributed by atoms with van der Waals surface area (Å²) in [4.78, 5) is 0. The summed E-state index contributed by atoms with van der Waals surface area (Å²) in [6.07, 6.45) is 2.09. The molecule has 0 spiro atoms. The molecule has 0 aliphatic carbocycles. The first-order valence-corrected chi connectivity index (χ1v) is 6.75. The van der Waals surface area contributed by atoms with Gasteiger partial charge in [0, 0.05) is 22.9 Å². The lowest BCUT2D eigenvalue weighted by atomic mass is 10.2. The Morgan fingerprint density at radius 3 is 2.69 bits per heavy atom. The molecule has 0 aliphatic heterocycles. The van der Waals surface area contributed by atoms with Gasteiger partial charge in [0.15, 0.2) is 0 Å². The summed E-state index contributed by atoms with van der Waals surface area (Å²) in [7, 11) is 0. The Kier molecular flexibility index (Phi) is 5.09. The maximum atomic E-state index is 12.8. The van der Waals surface area contributed by atoms with Crippen molar-refractivity contribution in [1.29, 1.82) is 0 Å². The lowest BCUT2D eigenvalue weighted by Crippen LogP contribution is -2.31. The zero-order valence-electron chi connectivity index (χ0n) is 9.81. The molecule has 0 unspecified atom stereocenters. The van der Waals surface area contributed by atoms with Gasteiger partial charge in [-0.3, -0.25) is 0 Å². The Morgan fingerprint density at radius 2 is 2.12 bits per heavy atom. The predicted octanol–water partition coefficient (Wildman–Crippen LogP) is 3.71. The van der Waals surface area contributed by atoms with E-state index >= 15 is 0 Å². The van der Waals surface area contributed by atoms with Crippen molar-refractivity contribution in [2.24, 2.45) is 0 Å². The van der Waals surface area contributed by atoms with Crippen LogP contribution in [0.25, 0.3) is 0 Å². The van der Waals surface area contributed by atoms with Crippen molar-refractivity contribution in [1.82, 2.24) is 5.32 Å². The lowest BCUT2D eigenvalue weighted by Gasteiger charge is -2.22. The average Bonchev–Trinajstić information content (AvgIpc) is 2.21. The minimum Gasteiger partial charge on any atom is -0.311 e. The van der Waals surface area contributed by atoms with Crippen molar-refractivity contribution in [3.63, 3.8) is 0 Å². The minimum atomic E-state index is -0.293.